The third-order valence-corrected chi connectivity index (χ3v) is 6.43. The lowest BCUT2D eigenvalue weighted by atomic mass is 10.1. The van der Waals surface area contributed by atoms with Gasteiger partial charge in [0.25, 0.3) is 16.0 Å². The van der Waals surface area contributed by atoms with Crippen LogP contribution in [0.1, 0.15) is 25.0 Å². The van der Waals surface area contributed by atoms with E-state index in [2.05, 4.69) is 16.8 Å². The van der Waals surface area contributed by atoms with Crippen LogP contribution in [0.4, 0.5) is 0 Å². The van der Waals surface area contributed by atoms with Gasteiger partial charge in [0, 0.05) is 48.5 Å². The number of pyridine rings is 1. The van der Waals surface area contributed by atoms with Crippen molar-refractivity contribution in [1.29, 1.82) is 0 Å². The zero-order valence-corrected chi connectivity index (χ0v) is 20.1. The van der Waals surface area contributed by atoms with Crippen LogP contribution in [-0.4, -0.2) is 65.4 Å². The molecule has 0 saturated carbocycles. The van der Waals surface area contributed by atoms with Gasteiger partial charge in [-0.2, -0.15) is 8.42 Å². The maximum absolute atomic E-state index is 12.8. The number of ether oxygens (including phenoxy) is 1. The van der Waals surface area contributed by atoms with E-state index in [1.54, 1.807) is 4.90 Å². The van der Waals surface area contributed by atoms with Crippen molar-refractivity contribution in [3.63, 3.8) is 0 Å². The summed E-state index contributed by atoms with van der Waals surface area (Å²) in [5.41, 5.74) is 1.23. The predicted octanol–water partition coefficient (Wildman–Crippen LogP) is 3.28. The Morgan fingerprint density at radius 3 is 2.50 bits per heavy atom. The van der Waals surface area contributed by atoms with Crippen LogP contribution in [0.2, 0.25) is 10.0 Å². The van der Waals surface area contributed by atoms with E-state index >= 15 is 0 Å². The summed E-state index contributed by atoms with van der Waals surface area (Å²) >= 11 is 11.8. The summed E-state index contributed by atoms with van der Waals surface area (Å²) in [4.78, 5) is 20.9. The minimum absolute atomic E-state index is 0.0370. The first-order chi connectivity index (χ1) is 15.0. The Bertz CT molecular complexity index is 1070. The van der Waals surface area contributed by atoms with Gasteiger partial charge in [-0.3, -0.25) is 14.2 Å². The molecule has 1 fully saturated rings. The van der Waals surface area contributed by atoms with E-state index in [9.17, 15) is 13.2 Å². The second kappa shape index (κ2) is 10.4. The van der Waals surface area contributed by atoms with Gasteiger partial charge in [0.15, 0.2) is 6.61 Å². The van der Waals surface area contributed by atoms with Crippen LogP contribution >= 0.6 is 23.2 Å². The van der Waals surface area contributed by atoms with E-state index in [-0.39, 0.29) is 41.1 Å². The van der Waals surface area contributed by atoms with Crippen molar-refractivity contribution in [2.75, 3.05) is 19.7 Å². The normalized spacial score (nSPS) is 19.7. The molecule has 3 rings (SSSR count). The minimum atomic E-state index is -4.31. The second-order valence-electron chi connectivity index (χ2n) is 7.93. The third kappa shape index (κ3) is 6.79. The van der Waals surface area contributed by atoms with Crippen LogP contribution in [0.25, 0.3) is 0 Å². The first kappa shape index (κ1) is 24.7. The third-order valence-electron chi connectivity index (χ3n) is 5.30. The quantitative estimate of drug-likeness (QED) is 0.580. The van der Waals surface area contributed by atoms with Gasteiger partial charge < -0.3 is 9.64 Å². The van der Waals surface area contributed by atoms with E-state index in [1.165, 1.54) is 12.3 Å². The van der Waals surface area contributed by atoms with Crippen LogP contribution in [0, 0.1) is 0 Å². The maximum atomic E-state index is 12.8. The van der Waals surface area contributed by atoms with Crippen LogP contribution in [-0.2, 0) is 27.2 Å². The number of aromatic nitrogens is 1. The molecule has 1 N–H and O–H groups in total. The summed E-state index contributed by atoms with van der Waals surface area (Å²) in [7, 11) is -4.31. The number of halogens is 2. The minimum Gasteiger partial charge on any atom is -0.467 e. The number of hydrogen-bond donors (Lipinski definition) is 1. The molecular formula is C21H25Cl2N3O5S. The van der Waals surface area contributed by atoms with Gasteiger partial charge in [-0.15, -0.1) is 0 Å². The number of carbonyl (C=O) groups is 1. The van der Waals surface area contributed by atoms with Crippen molar-refractivity contribution in [2.45, 2.75) is 38.2 Å². The van der Waals surface area contributed by atoms with Crippen LogP contribution in [0.3, 0.4) is 0 Å². The predicted molar refractivity (Wildman–Crippen MR) is 122 cm³/mol. The lowest BCUT2D eigenvalue weighted by Crippen LogP contribution is -2.58. The van der Waals surface area contributed by atoms with Crippen LogP contribution < -0.4 is 4.74 Å². The molecular weight excluding hydrogens is 477 g/mol. The fourth-order valence-corrected chi connectivity index (χ4v) is 4.61. The first-order valence-electron chi connectivity index (χ1n) is 10.0. The van der Waals surface area contributed by atoms with E-state index in [1.807, 2.05) is 31.2 Å². The fourth-order valence-electron chi connectivity index (χ4n) is 3.70. The van der Waals surface area contributed by atoms with Crippen molar-refractivity contribution in [2.24, 2.45) is 0 Å². The monoisotopic (exact) mass is 501 g/mol. The molecule has 1 aromatic heterocycles. The van der Waals surface area contributed by atoms with Crippen molar-refractivity contribution in [3.8, 4) is 5.88 Å². The number of piperazine rings is 1. The van der Waals surface area contributed by atoms with Crippen molar-refractivity contribution in [3.05, 3.63) is 57.7 Å². The molecule has 0 radical (unpaired) electrons. The Morgan fingerprint density at radius 1 is 1.16 bits per heavy atom. The molecule has 1 aromatic carbocycles. The van der Waals surface area contributed by atoms with Crippen molar-refractivity contribution in [1.82, 2.24) is 14.8 Å². The Labute approximate surface area is 197 Å². The number of carbonyl (C=O) groups excluding carboxylic acids is 1. The Hall–Kier alpha value is -1.91. The maximum Gasteiger partial charge on any atom is 0.269 e. The fraction of sp³-hybridized carbons (Fsp3) is 0.429. The zero-order valence-electron chi connectivity index (χ0n) is 17.7. The molecule has 0 spiro atoms. The Balaban J connectivity index is 1.61. The molecule has 1 aliphatic heterocycles. The summed E-state index contributed by atoms with van der Waals surface area (Å²) in [5, 5.41) is 0.891. The standard InChI is InChI=1S/C21H25Cl2N3O5S/c1-14-10-26(15(2)9-25(14)11-16-3-5-18(22)6-4-16)20(27)12-31-21-17(13-32(28,29)30)7-19(23)8-24-21/h3-8,14-15H,9-13H2,1-2H3,(H,28,29,30)/t14-,15+/m0/s1. The Kier molecular flexibility index (Phi) is 8.00. The Morgan fingerprint density at radius 2 is 1.84 bits per heavy atom. The summed E-state index contributed by atoms with van der Waals surface area (Å²) in [5.74, 6) is -0.992. The molecule has 2 atom stereocenters. The summed E-state index contributed by atoms with van der Waals surface area (Å²) in [6, 6.07) is 9.15. The summed E-state index contributed by atoms with van der Waals surface area (Å²) in [6.45, 7) is 5.72. The van der Waals surface area contributed by atoms with Gasteiger partial charge >= 0.3 is 0 Å². The number of amides is 1. The zero-order chi connectivity index (χ0) is 23.5. The molecule has 1 aliphatic rings. The van der Waals surface area contributed by atoms with E-state index in [4.69, 9.17) is 32.5 Å². The lowest BCUT2D eigenvalue weighted by Gasteiger charge is -2.44. The number of nitrogens with zero attached hydrogens (tertiary/aromatic N) is 3. The highest BCUT2D eigenvalue weighted by Crippen LogP contribution is 2.23. The molecule has 1 saturated heterocycles. The van der Waals surface area contributed by atoms with Crippen LogP contribution in [0.5, 0.6) is 5.88 Å². The topological polar surface area (TPSA) is 100 Å². The lowest BCUT2D eigenvalue weighted by molar-refractivity contribution is -0.139. The largest absolute Gasteiger partial charge is 0.467 e. The molecule has 174 valence electrons. The van der Waals surface area contributed by atoms with Gasteiger partial charge in [-0.05, 0) is 37.6 Å². The summed E-state index contributed by atoms with van der Waals surface area (Å²) in [6.07, 6.45) is 1.29. The van der Waals surface area contributed by atoms with E-state index in [0.717, 1.165) is 12.1 Å². The van der Waals surface area contributed by atoms with Crippen molar-refractivity contribution < 1.29 is 22.5 Å². The first-order valence-corrected chi connectivity index (χ1v) is 12.4. The van der Waals surface area contributed by atoms with E-state index < -0.39 is 15.9 Å². The molecule has 1 amide bonds. The van der Waals surface area contributed by atoms with Gasteiger partial charge in [-0.25, -0.2) is 4.98 Å². The van der Waals surface area contributed by atoms with Crippen molar-refractivity contribution >= 4 is 39.2 Å². The van der Waals surface area contributed by atoms with Gasteiger partial charge in [0.2, 0.25) is 5.88 Å². The molecule has 0 bridgehead atoms. The molecule has 32 heavy (non-hydrogen) atoms. The van der Waals surface area contributed by atoms with Gasteiger partial charge in [0.1, 0.15) is 5.75 Å². The van der Waals surface area contributed by atoms with Crippen LogP contribution in [0.15, 0.2) is 36.5 Å². The molecule has 2 heterocycles. The summed E-state index contributed by atoms with van der Waals surface area (Å²) < 4.78 is 37.1. The number of rotatable bonds is 7. The average Bonchev–Trinajstić information content (AvgIpc) is 2.70. The smallest absolute Gasteiger partial charge is 0.269 e. The second-order valence-corrected chi connectivity index (χ2v) is 10.3. The highest BCUT2D eigenvalue weighted by Gasteiger charge is 2.32. The van der Waals surface area contributed by atoms with E-state index in [0.29, 0.717) is 18.1 Å². The van der Waals surface area contributed by atoms with Gasteiger partial charge in [-0.1, -0.05) is 35.3 Å². The highest BCUT2D eigenvalue weighted by atomic mass is 35.5. The molecule has 0 aliphatic carbocycles. The SMILES string of the molecule is C[C@@H]1CN(Cc2ccc(Cl)cc2)[C@@H](C)CN1C(=O)COc1ncc(Cl)cc1CS(=O)(=O)O. The average molecular weight is 502 g/mol. The molecule has 8 nitrogen and oxygen atoms in total. The number of hydrogen-bond acceptors (Lipinski definition) is 6. The molecule has 11 heteroatoms. The number of benzene rings is 1. The molecule has 2 aromatic rings. The highest BCUT2D eigenvalue weighted by molar-refractivity contribution is 7.85. The molecule has 0 unspecified atom stereocenters. The van der Waals surface area contributed by atoms with Gasteiger partial charge in [0.05, 0.1) is 5.02 Å².